The second kappa shape index (κ2) is 9.79. The van der Waals surface area contributed by atoms with Crippen LogP contribution < -0.4 is 4.74 Å². The molecule has 3 fully saturated rings. The zero-order valence-electron chi connectivity index (χ0n) is 17.9. The van der Waals surface area contributed by atoms with Gasteiger partial charge in [0.25, 0.3) is 5.91 Å². The number of morpholine rings is 1. The summed E-state index contributed by atoms with van der Waals surface area (Å²) in [5, 5.41) is 0. The van der Waals surface area contributed by atoms with E-state index in [1.807, 2.05) is 34.1 Å². The molecule has 4 rings (SSSR count). The third-order valence-corrected chi connectivity index (χ3v) is 6.86. The lowest BCUT2D eigenvalue weighted by Gasteiger charge is -2.37. The van der Waals surface area contributed by atoms with Gasteiger partial charge in [-0.05, 0) is 48.9 Å². The second-order valence-electron chi connectivity index (χ2n) is 8.62. The third kappa shape index (κ3) is 4.95. The largest absolute Gasteiger partial charge is 0.497 e. The third-order valence-electron chi connectivity index (χ3n) is 6.86. The molecule has 3 saturated heterocycles. The molecule has 7 heteroatoms. The lowest BCUT2D eigenvalue weighted by Crippen LogP contribution is -2.43. The minimum atomic E-state index is 0.0795. The Hall–Kier alpha value is -2.12. The molecule has 3 heterocycles. The number of hydrogen-bond acceptors (Lipinski definition) is 5. The lowest BCUT2D eigenvalue weighted by atomic mass is 9.82. The number of benzene rings is 1. The number of piperidine rings is 1. The van der Waals surface area contributed by atoms with Crippen molar-refractivity contribution in [3.8, 4) is 5.75 Å². The van der Waals surface area contributed by atoms with Gasteiger partial charge in [0, 0.05) is 57.8 Å². The van der Waals surface area contributed by atoms with Crippen LogP contribution in [-0.4, -0.2) is 92.7 Å². The van der Waals surface area contributed by atoms with Crippen LogP contribution in [0.2, 0.25) is 0 Å². The van der Waals surface area contributed by atoms with Crippen LogP contribution in [0, 0.1) is 11.8 Å². The highest BCUT2D eigenvalue weighted by molar-refractivity contribution is 5.94. The molecular formula is C23H33N3O4. The Morgan fingerprint density at radius 1 is 1.03 bits per heavy atom. The smallest absolute Gasteiger partial charge is 0.253 e. The van der Waals surface area contributed by atoms with Crippen molar-refractivity contribution >= 4 is 11.8 Å². The second-order valence-corrected chi connectivity index (χ2v) is 8.62. The predicted molar refractivity (Wildman–Crippen MR) is 114 cm³/mol. The number of rotatable bonds is 5. The Morgan fingerprint density at radius 3 is 2.50 bits per heavy atom. The Labute approximate surface area is 178 Å². The summed E-state index contributed by atoms with van der Waals surface area (Å²) in [6, 6.07) is 7.32. The molecule has 0 radical (unpaired) electrons. The van der Waals surface area contributed by atoms with Crippen LogP contribution in [-0.2, 0) is 9.53 Å². The highest BCUT2D eigenvalue weighted by Gasteiger charge is 2.36. The van der Waals surface area contributed by atoms with Gasteiger partial charge in [-0.25, -0.2) is 0 Å². The van der Waals surface area contributed by atoms with Gasteiger partial charge in [-0.1, -0.05) is 0 Å². The van der Waals surface area contributed by atoms with Gasteiger partial charge < -0.3 is 19.3 Å². The normalized spacial score (nSPS) is 25.6. The summed E-state index contributed by atoms with van der Waals surface area (Å²) in [5.74, 6) is 1.91. The van der Waals surface area contributed by atoms with Crippen LogP contribution in [0.15, 0.2) is 24.3 Å². The number of likely N-dealkylation sites (tertiary alicyclic amines) is 2. The van der Waals surface area contributed by atoms with E-state index in [4.69, 9.17) is 9.47 Å². The van der Waals surface area contributed by atoms with Crippen molar-refractivity contribution in [1.82, 2.24) is 14.7 Å². The van der Waals surface area contributed by atoms with Crippen LogP contribution in [0.1, 0.15) is 29.6 Å². The first kappa shape index (κ1) is 21.1. The molecule has 0 spiro atoms. The van der Waals surface area contributed by atoms with Gasteiger partial charge in [0.05, 0.1) is 20.3 Å². The predicted octanol–water partition coefficient (Wildman–Crippen LogP) is 1.73. The minimum Gasteiger partial charge on any atom is -0.497 e. The average Bonchev–Trinajstić information content (AvgIpc) is 2.95. The van der Waals surface area contributed by atoms with Crippen molar-refractivity contribution in [3.63, 3.8) is 0 Å². The topological polar surface area (TPSA) is 62.3 Å². The zero-order chi connectivity index (χ0) is 20.9. The number of nitrogens with zero attached hydrogens (tertiary/aromatic N) is 3. The quantitative estimate of drug-likeness (QED) is 0.733. The number of carbonyl (C=O) groups excluding carboxylic acids is 2. The molecule has 164 valence electrons. The highest BCUT2D eigenvalue weighted by Crippen LogP contribution is 2.33. The van der Waals surface area contributed by atoms with E-state index in [1.165, 1.54) is 0 Å². The molecular weight excluding hydrogens is 382 g/mol. The van der Waals surface area contributed by atoms with Gasteiger partial charge in [0.15, 0.2) is 0 Å². The fraction of sp³-hybridized carbons (Fsp3) is 0.652. The maximum Gasteiger partial charge on any atom is 0.253 e. The maximum atomic E-state index is 13.0. The van der Waals surface area contributed by atoms with Crippen molar-refractivity contribution in [1.29, 1.82) is 0 Å². The first-order valence-electron chi connectivity index (χ1n) is 11.2. The molecule has 1 aromatic rings. The molecule has 0 N–H and O–H groups in total. The molecule has 1 aromatic carbocycles. The van der Waals surface area contributed by atoms with E-state index >= 15 is 0 Å². The molecule has 3 aliphatic rings. The zero-order valence-corrected chi connectivity index (χ0v) is 17.9. The van der Waals surface area contributed by atoms with Crippen LogP contribution in [0.3, 0.4) is 0 Å². The molecule has 0 bridgehead atoms. The van der Waals surface area contributed by atoms with E-state index in [9.17, 15) is 9.59 Å². The molecule has 2 amide bonds. The fourth-order valence-electron chi connectivity index (χ4n) is 4.90. The van der Waals surface area contributed by atoms with Crippen molar-refractivity contribution in [3.05, 3.63) is 29.8 Å². The molecule has 30 heavy (non-hydrogen) atoms. The van der Waals surface area contributed by atoms with Crippen LogP contribution in [0.5, 0.6) is 5.75 Å². The summed E-state index contributed by atoms with van der Waals surface area (Å²) >= 11 is 0. The number of carbonyl (C=O) groups is 2. The van der Waals surface area contributed by atoms with Gasteiger partial charge in [-0.2, -0.15) is 0 Å². The monoisotopic (exact) mass is 415 g/mol. The van der Waals surface area contributed by atoms with Gasteiger partial charge in [0.2, 0.25) is 5.91 Å². The molecule has 2 atom stereocenters. The molecule has 3 aliphatic heterocycles. The van der Waals surface area contributed by atoms with E-state index < -0.39 is 0 Å². The minimum absolute atomic E-state index is 0.0795. The van der Waals surface area contributed by atoms with Gasteiger partial charge in [-0.3, -0.25) is 14.5 Å². The summed E-state index contributed by atoms with van der Waals surface area (Å²) in [6.45, 7) is 7.49. The highest BCUT2D eigenvalue weighted by atomic mass is 16.5. The summed E-state index contributed by atoms with van der Waals surface area (Å²) in [7, 11) is 1.62. The van der Waals surface area contributed by atoms with Crippen molar-refractivity contribution in [2.75, 3.05) is 66.1 Å². The van der Waals surface area contributed by atoms with Crippen LogP contribution in [0.4, 0.5) is 0 Å². The molecule has 0 saturated carbocycles. The van der Waals surface area contributed by atoms with Crippen molar-refractivity contribution < 1.29 is 19.1 Å². The fourth-order valence-corrected chi connectivity index (χ4v) is 4.90. The van der Waals surface area contributed by atoms with Gasteiger partial charge >= 0.3 is 0 Å². The van der Waals surface area contributed by atoms with Crippen LogP contribution >= 0.6 is 0 Å². The number of hydrogen-bond donors (Lipinski definition) is 0. The number of fused-ring (bicyclic) bond motifs is 1. The molecule has 7 nitrogen and oxygen atoms in total. The van der Waals surface area contributed by atoms with E-state index in [2.05, 4.69) is 4.90 Å². The van der Waals surface area contributed by atoms with E-state index in [0.717, 1.165) is 77.6 Å². The molecule has 0 aromatic heterocycles. The lowest BCUT2D eigenvalue weighted by molar-refractivity contribution is -0.131. The Morgan fingerprint density at radius 2 is 1.77 bits per heavy atom. The summed E-state index contributed by atoms with van der Waals surface area (Å²) in [6.07, 6.45) is 2.51. The maximum absolute atomic E-state index is 13.0. The summed E-state index contributed by atoms with van der Waals surface area (Å²) < 4.78 is 10.6. The summed E-state index contributed by atoms with van der Waals surface area (Å²) in [5.41, 5.74) is 0.700. The van der Waals surface area contributed by atoms with E-state index in [0.29, 0.717) is 23.8 Å². The SMILES string of the molecule is COc1ccc(C(=O)N2CCC3CC(=O)N(CCN4CCOCC4)CCC3C2)cc1. The Bertz CT molecular complexity index is 732. The van der Waals surface area contributed by atoms with Crippen molar-refractivity contribution in [2.45, 2.75) is 19.3 Å². The first-order chi connectivity index (χ1) is 14.6. The Balaban J connectivity index is 1.32. The van der Waals surface area contributed by atoms with Crippen LogP contribution in [0.25, 0.3) is 0 Å². The number of amides is 2. The van der Waals surface area contributed by atoms with Crippen molar-refractivity contribution in [2.24, 2.45) is 11.8 Å². The summed E-state index contributed by atoms with van der Waals surface area (Å²) in [4.78, 5) is 32.2. The molecule has 2 unspecified atom stereocenters. The van der Waals surface area contributed by atoms with E-state index in [1.54, 1.807) is 7.11 Å². The first-order valence-corrected chi connectivity index (χ1v) is 11.2. The standard InChI is InChI=1S/C23H33N3O4/c1-29-21-4-2-18(3-5-21)23(28)26-9-6-19-16-22(27)25(8-7-20(19)17-26)11-10-24-12-14-30-15-13-24/h2-5,19-20H,6-17H2,1H3. The van der Waals surface area contributed by atoms with Gasteiger partial charge in [-0.15, -0.1) is 0 Å². The number of methoxy groups -OCH3 is 1. The average molecular weight is 416 g/mol. The Kier molecular flexibility index (Phi) is 6.89. The molecule has 0 aliphatic carbocycles. The number of ether oxygens (including phenoxy) is 2. The van der Waals surface area contributed by atoms with Gasteiger partial charge in [0.1, 0.15) is 5.75 Å². The van der Waals surface area contributed by atoms with E-state index in [-0.39, 0.29) is 11.8 Å².